The Hall–Kier alpha value is -3.20. The summed E-state index contributed by atoms with van der Waals surface area (Å²) < 4.78 is 5.69. The number of carbonyl (C=O) groups excluding carboxylic acids is 1. The maximum Gasteiger partial charge on any atom is 0.269 e. The highest BCUT2D eigenvalue weighted by atomic mass is 35.5. The Labute approximate surface area is 192 Å². The molecule has 0 bridgehead atoms. The molecule has 0 atom stereocenters. The molecule has 7 nitrogen and oxygen atoms in total. The van der Waals surface area contributed by atoms with Crippen molar-refractivity contribution in [3.8, 4) is 11.3 Å². The van der Waals surface area contributed by atoms with Crippen LogP contribution in [-0.2, 0) is 4.79 Å². The fourth-order valence-corrected chi connectivity index (χ4v) is 3.36. The summed E-state index contributed by atoms with van der Waals surface area (Å²) in [7, 11) is 0. The molecule has 1 aromatic heterocycles. The molecule has 158 valence electrons. The molecule has 0 unspecified atom stereocenters. The number of nitrogens with one attached hydrogen (secondary N) is 2. The normalized spacial score (nSPS) is 10.8. The summed E-state index contributed by atoms with van der Waals surface area (Å²) >= 11 is 17.2. The zero-order chi connectivity index (χ0) is 22.5. The van der Waals surface area contributed by atoms with Gasteiger partial charge in [0.2, 0.25) is 5.91 Å². The minimum Gasteiger partial charge on any atom is -0.457 e. The van der Waals surface area contributed by atoms with Crippen LogP contribution in [0.2, 0.25) is 10.0 Å². The molecule has 10 heteroatoms. The zero-order valence-electron chi connectivity index (χ0n) is 16.0. The maximum absolute atomic E-state index is 12.1. The van der Waals surface area contributed by atoms with Gasteiger partial charge in [-0.05, 0) is 67.2 Å². The third kappa shape index (κ3) is 5.91. The lowest BCUT2D eigenvalue weighted by Crippen LogP contribution is -2.33. The average molecular weight is 476 g/mol. The van der Waals surface area contributed by atoms with Crippen molar-refractivity contribution in [3.05, 3.63) is 86.1 Å². The molecule has 0 saturated heterocycles. The Kier molecular flexibility index (Phi) is 7.06. The number of aryl methyl sites for hydroxylation is 1. The van der Waals surface area contributed by atoms with Crippen molar-refractivity contribution in [1.29, 1.82) is 0 Å². The molecule has 2 aromatic carbocycles. The summed E-state index contributed by atoms with van der Waals surface area (Å²) in [6, 6.07) is 12.8. The van der Waals surface area contributed by atoms with Crippen LogP contribution >= 0.6 is 35.4 Å². The van der Waals surface area contributed by atoms with Gasteiger partial charge < -0.3 is 9.73 Å². The number of nitro groups is 1. The Morgan fingerprint density at radius 1 is 1.16 bits per heavy atom. The van der Waals surface area contributed by atoms with Crippen LogP contribution in [0.4, 0.5) is 11.4 Å². The number of hydrogen-bond acceptors (Lipinski definition) is 5. The van der Waals surface area contributed by atoms with Crippen molar-refractivity contribution < 1.29 is 14.1 Å². The molecule has 0 fully saturated rings. The van der Waals surface area contributed by atoms with Gasteiger partial charge >= 0.3 is 0 Å². The molecule has 2 N–H and O–H groups in total. The lowest BCUT2D eigenvalue weighted by molar-refractivity contribution is -0.384. The zero-order valence-corrected chi connectivity index (χ0v) is 18.3. The summed E-state index contributed by atoms with van der Waals surface area (Å²) in [5.74, 6) is 0.508. The smallest absolute Gasteiger partial charge is 0.269 e. The first kappa shape index (κ1) is 22.5. The van der Waals surface area contributed by atoms with Crippen molar-refractivity contribution >= 4 is 63.9 Å². The Balaban J connectivity index is 1.60. The summed E-state index contributed by atoms with van der Waals surface area (Å²) in [6.07, 6.45) is 2.76. The van der Waals surface area contributed by atoms with E-state index in [-0.39, 0.29) is 10.8 Å². The number of carbonyl (C=O) groups is 1. The topological polar surface area (TPSA) is 97.4 Å². The van der Waals surface area contributed by atoms with E-state index in [1.54, 1.807) is 37.3 Å². The van der Waals surface area contributed by atoms with E-state index < -0.39 is 10.8 Å². The molecule has 0 radical (unpaired) electrons. The number of thiocarbonyl (C=S) groups is 1. The van der Waals surface area contributed by atoms with E-state index in [0.717, 1.165) is 0 Å². The summed E-state index contributed by atoms with van der Waals surface area (Å²) in [5, 5.41) is 17.2. The highest BCUT2D eigenvalue weighted by molar-refractivity contribution is 7.80. The first-order chi connectivity index (χ1) is 14.7. The van der Waals surface area contributed by atoms with E-state index in [1.165, 1.54) is 30.4 Å². The number of nitro benzene ring substituents is 1. The number of nitrogens with zero attached hydrogens (tertiary/aromatic N) is 1. The third-order valence-corrected chi connectivity index (χ3v) is 4.88. The quantitative estimate of drug-likeness (QED) is 0.203. The second-order valence-corrected chi connectivity index (χ2v) is 7.61. The average Bonchev–Trinajstić information content (AvgIpc) is 3.16. The number of rotatable bonds is 5. The highest BCUT2D eigenvalue weighted by Gasteiger charge is 2.11. The Bertz CT molecular complexity index is 1210. The van der Waals surface area contributed by atoms with Crippen molar-refractivity contribution in [2.24, 2.45) is 0 Å². The molecular formula is C21H15Cl2N3O4S. The number of halogens is 2. The molecule has 0 aliphatic rings. The van der Waals surface area contributed by atoms with Crippen LogP contribution in [0, 0.1) is 17.0 Å². The third-order valence-electron chi connectivity index (χ3n) is 4.13. The molecule has 0 aliphatic carbocycles. The molecule has 0 aliphatic heterocycles. The van der Waals surface area contributed by atoms with Crippen LogP contribution in [0.15, 0.2) is 59.0 Å². The number of anilines is 1. The molecular weight excluding hydrogens is 461 g/mol. The number of hydrogen-bond donors (Lipinski definition) is 2. The van der Waals surface area contributed by atoms with Gasteiger partial charge in [-0.3, -0.25) is 20.2 Å². The molecule has 3 rings (SSSR count). The predicted octanol–water partition coefficient (Wildman–Crippen LogP) is 6.00. The fourth-order valence-electron chi connectivity index (χ4n) is 2.64. The van der Waals surface area contributed by atoms with Gasteiger partial charge in [0.15, 0.2) is 5.11 Å². The Morgan fingerprint density at radius 2 is 1.94 bits per heavy atom. The summed E-state index contributed by atoms with van der Waals surface area (Å²) in [5.41, 5.74) is 1.82. The van der Waals surface area contributed by atoms with Gasteiger partial charge in [-0.2, -0.15) is 0 Å². The van der Waals surface area contributed by atoms with E-state index >= 15 is 0 Å². The molecule has 31 heavy (non-hydrogen) atoms. The largest absolute Gasteiger partial charge is 0.457 e. The second-order valence-electron chi connectivity index (χ2n) is 6.36. The fraction of sp³-hybridized carbons (Fsp3) is 0.0476. The maximum atomic E-state index is 12.1. The van der Waals surface area contributed by atoms with E-state index in [2.05, 4.69) is 10.6 Å². The van der Waals surface area contributed by atoms with E-state index in [0.29, 0.717) is 38.4 Å². The SMILES string of the molecule is Cc1cc([N+](=O)[O-])ccc1NC(=S)NC(=O)/C=C/c1ccc(-c2ccc(Cl)cc2Cl)o1. The summed E-state index contributed by atoms with van der Waals surface area (Å²) in [6.45, 7) is 1.70. The molecule has 0 saturated carbocycles. The van der Waals surface area contributed by atoms with Gasteiger partial charge in [0.25, 0.3) is 5.69 Å². The number of furan rings is 1. The van der Waals surface area contributed by atoms with Crippen LogP contribution in [-0.4, -0.2) is 15.9 Å². The van der Waals surface area contributed by atoms with Gasteiger partial charge in [-0.1, -0.05) is 23.2 Å². The van der Waals surface area contributed by atoms with E-state index in [9.17, 15) is 14.9 Å². The van der Waals surface area contributed by atoms with Gasteiger partial charge in [0.05, 0.1) is 9.95 Å². The lowest BCUT2D eigenvalue weighted by Gasteiger charge is -2.10. The van der Waals surface area contributed by atoms with Gasteiger partial charge in [-0.25, -0.2) is 0 Å². The first-order valence-electron chi connectivity index (χ1n) is 8.83. The van der Waals surface area contributed by atoms with Crippen LogP contribution in [0.1, 0.15) is 11.3 Å². The first-order valence-corrected chi connectivity index (χ1v) is 9.99. The van der Waals surface area contributed by atoms with Crippen molar-refractivity contribution in [1.82, 2.24) is 5.32 Å². The minimum absolute atomic E-state index is 0.0290. The number of amides is 1. The number of non-ortho nitro benzene ring substituents is 1. The van der Waals surface area contributed by atoms with Gasteiger partial charge in [-0.15, -0.1) is 0 Å². The second kappa shape index (κ2) is 9.74. The molecule has 0 spiro atoms. The lowest BCUT2D eigenvalue weighted by atomic mass is 10.2. The monoisotopic (exact) mass is 475 g/mol. The van der Waals surface area contributed by atoms with Crippen LogP contribution < -0.4 is 10.6 Å². The Morgan fingerprint density at radius 3 is 2.61 bits per heavy atom. The van der Waals surface area contributed by atoms with Crippen molar-refractivity contribution in [2.45, 2.75) is 6.92 Å². The standard InChI is InChI=1S/C21H15Cl2N3O4S/c1-12-10-14(26(28)29)3-7-18(12)24-21(31)25-20(27)9-5-15-4-8-19(30-15)16-6-2-13(22)11-17(16)23/h2-11H,1H3,(H2,24,25,27,31)/b9-5+. The van der Waals surface area contributed by atoms with Gasteiger partial charge in [0, 0.05) is 34.5 Å². The molecule has 3 aromatic rings. The van der Waals surface area contributed by atoms with Gasteiger partial charge in [0.1, 0.15) is 11.5 Å². The van der Waals surface area contributed by atoms with Crippen molar-refractivity contribution in [2.75, 3.05) is 5.32 Å². The predicted molar refractivity (Wildman–Crippen MR) is 125 cm³/mol. The summed E-state index contributed by atoms with van der Waals surface area (Å²) in [4.78, 5) is 22.4. The van der Waals surface area contributed by atoms with Crippen LogP contribution in [0.5, 0.6) is 0 Å². The van der Waals surface area contributed by atoms with E-state index in [1.807, 2.05) is 0 Å². The molecule has 1 amide bonds. The van der Waals surface area contributed by atoms with E-state index in [4.69, 9.17) is 39.8 Å². The molecule has 1 heterocycles. The van der Waals surface area contributed by atoms with Crippen LogP contribution in [0.25, 0.3) is 17.4 Å². The minimum atomic E-state index is -0.484. The van der Waals surface area contributed by atoms with Crippen molar-refractivity contribution in [3.63, 3.8) is 0 Å². The number of benzene rings is 2. The highest BCUT2D eigenvalue weighted by Crippen LogP contribution is 2.31. The van der Waals surface area contributed by atoms with Crippen LogP contribution in [0.3, 0.4) is 0 Å².